The summed E-state index contributed by atoms with van der Waals surface area (Å²) >= 11 is 0. The molecule has 0 unspecified atom stereocenters. The molecule has 1 N–H and O–H groups in total. The Labute approximate surface area is 97.0 Å². The van der Waals surface area contributed by atoms with Crippen molar-refractivity contribution >= 4 is 17.7 Å². The molecule has 0 saturated carbocycles. The molecule has 0 radical (unpaired) electrons. The molecule has 0 aliphatic heterocycles. The molecule has 0 atom stereocenters. The van der Waals surface area contributed by atoms with Crippen LogP contribution in [0.15, 0.2) is 30.8 Å². The monoisotopic (exact) mass is 219 g/mol. The van der Waals surface area contributed by atoms with Crippen molar-refractivity contribution in [3.05, 3.63) is 36.4 Å². The van der Waals surface area contributed by atoms with Crippen LogP contribution >= 0.6 is 0 Å². The number of hydrogen-bond acceptors (Lipinski definition) is 1. The molecule has 3 nitrogen and oxygen atoms in total. The second kappa shape index (κ2) is 4.94. The average Bonchev–Trinajstić information content (AvgIpc) is 2.16. The zero-order chi connectivity index (χ0) is 12.2. The highest BCUT2D eigenvalue weighted by atomic mass is 16.2. The first-order valence-corrected chi connectivity index (χ1v) is 5.23. The molecule has 1 aromatic rings. The van der Waals surface area contributed by atoms with E-state index in [4.69, 9.17) is 0 Å². The Morgan fingerprint density at radius 1 is 1.31 bits per heavy atom. The van der Waals surface area contributed by atoms with Gasteiger partial charge in [0.15, 0.2) is 6.54 Å². The van der Waals surface area contributed by atoms with Crippen LogP contribution in [-0.2, 0) is 4.79 Å². The van der Waals surface area contributed by atoms with Crippen LogP contribution in [0.3, 0.4) is 0 Å². The van der Waals surface area contributed by atoms with E-state index in [0.717, 1.165) is 11.3 Å². The fourth-order valence-electron chi connectivity index (χ4n) is 1.33. The van der Waals surface area contributed by atoms with Crippen molar-refractivity contribution in [2.75, 3.05) is 33.0 Å². The summed E-state index contributed by atoms with van der Waals surface area (Å²) in [5, 5.41) is 2.86. The van der Waals surface area contributed by atoms with Crippen molar-refractivity contribution in [1.82, 2.24) is 0 Å². The number of nitrogens with zero attached hydrogens (tertiary/aromatic N) is 1. The molecule has 1 amide bonds. The van der Waals surface area contributed by atoms with Gasteiger partial charge in [0.05, 0.1) is 21.1 Å². The molecule has 0 saturated heterocycles. The topological polar surface area (TPSA) is 29.1 Å². The Bertz CT molecular complexity index is 374. The van der Waals surface area contributed by atoms with E-state index in [1.807, 2.05) is 45.4 Å². The zero-order valence-corrected chi connectivity index (χ0v) is 10.2. The average molecular weight is 219 g/mol. The fraction of sp³-hybridized carbons (Fsp3) is 0.308. The van der Waals surface area contributed by atoms with Crippen LogP contribution in [0.25, 0.3) is 6.08 Å². The lowest BCUT2D eigenvalue weighted by Crippen LogP contribution is -2.41. The number of anilines is 1. The van der Waals surface area contributed by atoms with Gasteiger partial charge in [0.25, 0.3) is 5.91 Å². The van der Waals surface area contributed by atoms with Gasteiger partial charge in [-0.15, -0.1) is 0 Å². The number of amides is 1. The van der Waals surface area contributed by atoms with Crippen LogP contribution in [0.1, 0.15) is 5.56 Å². The molecule has 0 aliphatic rings. The summed E-state index contributed by atoms with van der Waals surface area (Å²) in [5.74, 6) is 0.0267. The lowest BCUT2D eigenvalue weighted by atomic mass is 10.2. The van der Waals surface area contributed by atoms with E-state index in [1.54, 1.807) is 6.08 Å². The Balaban J connectivity index is 2.59. The Morgan fingerprint density at radius 2 is 1.88 bits per heavy atom. The zero-order valence-electron chi connectivity index (χ0n) is 10.2. The van der Waals surface area contributed by atoms with E-state index in [0.29, 0.717) is 11.0 Å². The SMILES string of the molecule is C=Cc1ccc(NC(=O)C[N+](C)(C)C)cc1. The number of nitrogens with one attached hydrogen (secondary N) is 1. The first kappa shape index (κ1) is 12.5. The van der Waals surface area contributed by atoms with E-state index in [2.05, 4.69) is 11.9 Å². The summed E-state index contributed by atoms with van der Waals surface area (Å²) in [7, 11) is 5.96. The molecule has 86 valence electrons. The van der Waals surface area contributed by atoms with E-state index < -0.39 is 0 Å². The molecule has 1 rings (SSSR count). The van der Waals surface area contributed by atoms with Crippen LogP contribution in [0.4, 0.5) is 5.69 Å². The van der Waals surface area contributed by atoms with Crippen LogP contribution in [-0.4, -0.2) is 38.1 Å². The number of carbonyl (C=O) groups excluding carboxylic acids is 1. The maximum Gasteiger partial charge on any atom is 0.279 e. The largest absolute Gasteiger partial charge is 0.323 e. The summed E-state index contributed by atoms with van der Waals surface area (Å²) < 4.78 is 0.622. The normalized spacial score (nSPS) is 10.9. The van der Waals surface area contributed by atoms with Gasteiger partial charge in [-0.3, -0.25) is 4.79 Å². The van der Waals surface area contributed by atoms with Gasteiger partial charge in [0.1, 0.15) is 0 Å². The summed E-state index contributed by atoms with van der Waals surface area (Å²) in [5.41, 5.74) is 1.87. The van der Waals surface area contributed by atoms with Crippen molar-refractivity contribution in [3.8, 4) is 0 Å². The van der Waals surface area contributed by atoms with Crippen LogP contribution in [0, 0.1) is 0 Å². The number of hydrogen-bond donors (Lipinski definition) is 1. The number of quaternary nitrogens is 1. The Kier molecular flexibility index (Phi) is 3.85. The van der Waals surface area contributed by atoms with Crippen molar-refractivity contribution in [2.24, 2.45) is 0 Å². The Morgan fingerprint density at radius 3 is 2.31 bits per heavy atom. The number of carbonyl (C=O) groups is 1. The van der Waals surface area contributed by atoms with Gasteiger partial charge in [-0.2, -0.15) is 0 Å². The van der Waals surface area contributed by atoms with E-state index in [9.17, 15) is 4.79 Å². The quantitative estimate of drug-likeness (QED) is 0.771. The summed E-state index contributed by atoms with van der Waals surface area (Å²) in [6.45, 7) is 4.14. The smallest absolute Gasteiger partial charge is 0.279 e. The van der Waals surface area contributed by atoms with Crippen molar-refractivity contribution in [2.45, 2.75) is 0 Å². The second-order valence-corrected chi connectivity index (χ2v) is 4.82. The van der Waals surface area contributed by atoms with E-state index in [1.165, 1.54) is 0 Å². The maximum atomic E-state index is 11.6. The molecule has 0 heterocycles. The highest BCUT2D eigenvalue weighted by Gasteiger charge is 2.13. The van der Waals surface area contributed by atoms with Gasteiger partial charge in [-0.05, 0) is 17.7 Å². The van der Waals surface area contributed by atoms with Crippen LogP contribution in [0.5, 0.6) is 0 Å². The van der Waals surface area contributed by atoms with Gasteiger partial charge in [-0.25, -0.2) is 0 Å². The second-order valence-electron chi connectivity index (χ2n) is 4.82. The van der Waals surface area contributed by atoms with Crippen molar-refractivity contribution in [3.63, 3.8) is 0 Å². The molecule has 0 aromatic heterocycles. The van der Waals surface area contributed by atoms with Crippen LogP contribution in [0.2, 0.25) is 0 Å². The highest BCUT2D eigenvalue weighted by Crippen LogP contribution is 2.10. The summed E-state index contributed by atoms with van der Waals surface area (Å²) in [6, 6.07) is 7.61. The number of benzene rings is 1. The van der Waals surface area contributed by atoms with Gasteiger partial charge >= 0.3 is 0 Å². The van der Waals surface area contributed by atoms with Crippen molar-refractivity contribution in [1.29, 1.82) is 0 Å². The Hall–Kier alpha value is -1.61. The molecule has 0 spiro atoms. The molecule has 1 aromatic carbocycles. The van der Waals surface area contributed by atoms with Gasteiger partial charge in [0.2, 0.25) is 0 Å². The predicted octanol–water partition coefficient (Wildman–Crippen LogP) is 1.97. The molecule has 0 bridgehead atoms. The third-order valence-electron chi connectivity index (χ3n) is 2.05. The highest BCUT2D eigenvalue weighted by molar-refractivity contribution is 5.91. The van der Waals surface area contributed by atoms with E-state index in [-0.39, 0.29) is 5.91 Å². The first-order chi connectivity index (χ1) is 7.40. The van der Waals surface area contributed by atoms with E-state index >= 15 is 0 Å². The first-order valence-electron chi connectivity index (χ1n) is 5.23. The molecule has 16 heavy (non-hydrogen) atoms. The standard InChI is InChI=1S/C13H18N2O/c1-5-11-6-8-12(9-7-11)14-13(16)10-15(2,3)4/h5-9H,1,10H2,2-4H3/p+1. The summed E-state index contributed by atoms with van der Waals surface area (Å²) in [6.07, 6.45) is 1.78. The lowest BCUT2D eigenvalue weighted by molar-refractivity contribution is -0.861. The molecule has 3 heteroatoms. The third kappa shape index (κ3) is 4.28. The summed E-state index contributed by atoms with van der Waals surface area (Å²) in [4.78, 5) is 11.6. The number of rotatable bonds is 4. The molecular weight excluding hydrogens is 200 g/mol. The minimum Gasteiger partial charge on any atom is -0.323 e. The molecular formula is C13H19N2O+. The predicted molar refractivity (Wildman–Crippen MR) is 68.1 cm³/mol. The fourth-order valence-corrected chi connectivity index (χ4v) is 1.33. The number of likely N-dealkylation sites (N-methyl/N-ethyl adjacent to an activating group) is 1. The van der Waals surface area contributed by atoms with Crippen LogP contribution < -0.4 is 5.32 Å². The van der Waals surface area contributed by atoms with Gasteiger partial charge in [0, 0.05) is 5.69 Å². The molecule has 0 aliphatic carbocycles. The minimum absolute atomic E-state index is 0.0267. The minimum atomic E-state index is 0.0267. The lowest BCUT2D eigenvalue weighted by Gasteiger charge is -2.22. The van der Waals surface area contributed by atoms with Gasteiger partial charge in [-0.1, -0.05) is 24.8 Å². The third-order valence-corrected chi connectivity index (χ3v) is 2.05. The molecule has 0 fully saturated rings. The van der Waals surface area contributed by atoms with Gasteiger partial charge < -0.3 is 9.80 Å². The van der Waals surface area contributed by atoms with Crippen molar-refractivity contribution < 1.29 is 9.28 Å². The maximum absolute atomic E-state index is 11.6.